The van der Waals surface area contributed by atoms with Gasteiger partial charge in [0.05, 0.1) is 17.7 Å². The standard InChI is InChI=1S/C21H23N3O6/c1-2-27-20(26)24-9-7-23(8-10-24)19(25)21(5-6-21)18-12-16(30-22-18)14-3-4-15-17(11-14)29-13-28-15/h3-4,11-12H,2,5-10,13H2,1H3. The van der Waals surface area contributed by atoms with Gasteiger partial charge in [-0.15, -0.1) is 0 Å². The molecule has 1 aromatic carbocycles. The van der Waals surface area contributed by atoms with Gasteiger partial charge >= 0.3 is 6.09 Å². The molecule has 5 rings (SSSR count). The Bertz CT molecular complexity index is 975. The highest BCUT2D eigenvalue weighted by Gasteiger charge is 2.55. The summed E-state index contributed by atoms with van der Waals surface area (Å²) in [7, 11) is 0. The van der Waals surface area contributed by atoms with E-state index >= 15 is 0 Å². The molecule has 1 saturated carbocycles. The molecule has 1 saturated heterocycles. The number of amides is 2. The summed E-state index contributed by atoms with van der Waals surface area (Å²) in [6.45, 7) is 4.27. The number of hydrogen-bond donors (Lipinski definition) is 0. The van der Waals surface area contributed by atoms with Gasteiger partial charge in [-0.2, -0.15) is 0 Å². The van der Waals surface area contributed by atoms with E-state index in [0.717, 1.165) is 18.4 Å². The Morgan fingerprint density at radius 2 is 1.80 bits per heavy atom. The summed E-state index contributed by atoms with van der Waals surface area (Å²) in [4.78, 5) is 28.6. The van der Waals surface area contributed by atoms with Crippen molar-refractivity contribution in [3.63, 3.8) is 0 Å². The number of ether oxygens (including phenoxy) is 3. The third-order valence-corrected chi connectivity index (χ3v) is 5.91. The Balaban J connectivity index is 1.28. The molecule has 0 N–H and O–H groups in total. The number of rotatable bonds is 4. The molecule has 2 amide bonds. The fraction of sp³-hybridized carbons (Fsp3) is 0.476. The normalized spacial score (nSPS) is 19.0. The molecule has 9 heteroatoms. The minimum atomic E-state index is -0.621. The summed E-state index contributed by atoms with van der Waals surface area (Å²) in [5.74, 6) is 2.02. The molecule has 3 aliphatic rings. The lowest BCUT2D eigenvalue weighted by Gasteiger charge is -2.35. The van der Waals surface area contributed by atoms with Crippen LogP contribution in [0, 0.1) is 0 Å². The van der Waals surface area contributed by atoms with Crippen LogP contribution in [-0.4, -0.2) is 66.5 Å². The van der Waals surface area contributed by atoms with Gasteiger partial charge in [0.1, 0.15) is 0 Å². The molecule has 0 atom stereocenters. The molecular formula is C21H23N3O6. The van der Waals surface area contributed by atoms with Gasteiger partial charge in [0.15, 0.2) is 17.3 Å². The Kier molecular flexibility index (Phi) is 4.52. The number of benzene rings is 1. The van der Waals surface area contributed by atoms with Crippen LogP contribution in [-0.2, 0) is 14.9 Å². The Morgan fingerprint density at radius 1 is 1.07 bits per heavy atom. The first-order chi connectivity index (χ1) is 14.6. The first kappa shape index (κ1) is 18.8. The van der Waals surface area contributed by atoms with E-state index in [4.69, 9.17) is 18.7 Å². The number of carbonyl (C=O) groups is 2. The van der Waals surface area contributed by atoms with Crippen molar-refractivity contribution in [1.82, 2.24) is 15.0 Å². The highest BCUT2D eigenvalue weighted by Crippen LogP contribution is 2.50. The molecule has 1 aromatic heterocycles. The molecule has 0 unspecified atom stereocenters. The molecule has 2 fully saturated rings. The second-order valence-corrected chi connectivity index (χ2v) is 7.70. The molecular weight excluding hydrogens is 390 g/mol. The van der Waals surface area contributed by atoms with Crippen LogP contribution in [0.15, 0.2) is 28.8 Å². The Hall–Kier alpha value is -3.23. The van der Waals surface area contributed by atoms with Crippen LogP contribution in [0.1, 0.15) is 25.5 Å². The van der Waals surface area contributed by atoms with E-state index in [1.54, 1.807) is 11.8 Å². The quantitative estimate of drug-likeness (QED) is 0.760. The minimum Gasteiger partial charge on any atom is -0.454 e. The number of hydrogen-bond acceptors (Lipinski definition) is 7. The molecule has 0 bridgehead atoms. The maximum absolute atomic E-state index is 13.3. The van der Waals surface area contributed by atoms with Crippen molar-refractivity contribution in [2.75, 3.05) is 39.6 Å². The van der Waals surface area contributed by atoms with Crippen LogP contribution < -0.4 is 9.47 Å². The van der Waals surface area contributed by atoms with Gasteiger partial charge in [0.25, 0.3) is 0 Å². The largest absolute Gasteiger partial charge is 0.454 e. The number of carbonyl (C=O) groups excluding carboxylic acids is 2. The summed E-state index contributed by atoms with van der Waals surface area (Å²) in [6.07, 6.45) is 1.17. The van der Waals surface area contributed by atoms with Gasteiger partial charge < -0.3 is 28.5 Å². The van der Waals surface area contributed by atoms with Crippen LogP contribution in [0.4, 0.5) is 4.79 Å². The minimum absolute atomic E-state index is 0.0524. The average molecular weight is 413 g/mol. The predicted molar refractivity (Wildman–Crippen MR) is 104 cm³/mol. The zero-order chi connectivity index (χ0) is 20.7. The smallest absolute Gasteiger partial charge is 0.409 e. The highest BCUT2D eigenvalue weighted by atomic mass is 16.7. The maximum Gasteiger partial charge on any atom is 0.409 e. The fourth-order valence-corrected chi connectivity index (χ4v) is 4.00. The summed E-state index contributed by atoms with van der Waals surface area (Å²) in [5.41, 5.74) is 0.863. The van der Waals surface area contributed by atoms with Crippen molar-refractivity contribution in [1.29, 1.82) is 0 Å². The van der Waals surface area contributed by atoms with Crippen molar-refractivity contribution >= 4 is 12.0 Å². The molecule has 2 aliphatic heterocycles. The first-order valence-electron chi connectivity index (χ1n) is 10.2. The van der Waals surface area contributed by atoms with E-state index in [1.807, 2.05) is 29.2 Å². The number of aromatic nitrogens is 1. The number of piperazine rings is 1. The number of fused-ring (bicyclic) bond motifs is 1. The lowest BCUT2D eigenvalue weighted by Crippen LogP contribution is -2.53. The average Bonchev–Trinajstić information content (AvgIpc) is 3.20. The van der Waals surface area contributed by atoms with E-state index in [2.05, 4.69) is 5.16 Å². The second kappa shape index (κ2) is 7.23. The van der Waals surface area contributed by atoms with Crippen molar-refractivity contribution < 1.29 is 28.3 Å². The van der Waals surface area contributed by atoms with Gasteiger partial charge in [-0.25, -0.2) is 4.79 Å². The van der Waals surface area contributed by atoms with E-state index in [0.29, 0.717) is 55.7 Å². The van der Waals surface area contributed by atoms with Crippen molar-refractivity contribution in [3.8, 4) is 22.8 Å². The van der Waals surface area contributed by atoms with E-state index in [-0.39, 0.29) is 18.8 Å². The predicted octanol–water partition coefficient (Wildman–Crippen LogP) is 2.40. The van der Waals surface area contributed by atoms with Crippen molar-refractivity contribution in [2.45, 2.75) is 25.2 Å². The van der Waals surface area contributed by atoms with Gasteiger partial charge in [-0.05, 0) is 38.0 Å². The third-order valence-electron chi connectivity index (χ3n) is 5.91. The molecule has 0 spiro atoms. The van der Waals surface area contributed by atoms with Crippen LogP contribution in [0.2, 0.25) is 0 Å². The van der Waals surface area contributed by atoms with Gasteiger partial charge in [0, 0.05) is 37.8 Å². The molecule has 9 nitrogen and oxygen atoms in total. The summed E-state index contributed by atoms with van der Waals surface area (Å²) in [5, 5.41) is 4.22. The lowest BCUT2D eigenvalue weighted by atomic mass is 9.99. The summed E-state index contributed by atoms with van der Waals surface area (Å²) < 4.78 is 21.4. The van der Waals surface area contributed by atoms with E-state index in [1.165, 1.54) is 0 Å². The zero-order valence-electron chi connectivity index (χ0n) is 16.8. The zero-order valence-corrected chi connectivity index (χ0v) is 16.8. The Labute approximate surface area is 173 Å². The van der Waals surface area contributed by atoms with E-state index < -0.39 is 5.41 Å². The molecule has 3 heterocycles. The molecule has 1 aliphatic carbocycles. The van der Waals surface area contributed by atoms with Crippen LogP contribution in [0.5, 0.6) is 11.5 Å². The van der Waals surface area contributed by atoms with Crippen molar-refractivity contribution in [2.24, 2.45) is 0 Å². The van der Waals surface area contributed by atoms with Crippen LogP contribution in [0.3, 0.4) is 0 Å². The number of nitrogens with zero attached hydrogens (tertiary/aromatic N) is 3. The van der Waals surface area contributed by atoms with Gasteiger partial charge in [-0.1, -0.05) is 5.16 Å². The SMILES string of the molecule is CCOC(=O)N1CCN(C(=O)C2(c3cc(-c4ccc5c(c4)OCO5)on3)CC2)CC1. The highest BCUT2D eigenvalue weighted by molar-refractivity contribution is 5.91. The fourth-order valence-electron chi connectivity index (χ4n) is 4.00. The van der Waals surface area contributed by atoms with E-state index in [9.17, 15) is 9.59 Å². The Morgan fingerprint density at radius 3 is 2.53 bits per heavy atom. The summed E-state index contributed by atoms with van der Waals surface area (Å²) >= 11 is 0. The monoisotopic (exact) mass is 413 g/mol. The molecule has 158 valence electrons. The van der Waals surface area contributed by atoms with Gasteiger partial charge in [-0.3, -0.25) is 4.79 Å². The van der Waals surface area contributed by atoms with Gasteiger partial charge in [0.2, 0.25) is 12.7 Å². The second-order valence-electron chi connectivity index (χ2n) is 7.70. The van der Waals surface area contributed by atoms with Crippen LogP contribution in [0.25, 0.3) is 11.3 Å². The molecule has 2 aromatic rings. The molecule has 30 heavy (non-hydrogen) atoms. The topological polar surface area (TPSA) is 94.3 Å². The van der Waals surface area contributed by atoms with Crippen molar-refractivity contribution in [3.05, 3.63) is 30.0 Å². The summed E-state index contributed by atoms with van der Waals surface area (Å²) in [6, 6.07) is 7.41. The van der Waals surface area contributed by atoms with Crippen LogP contribution >= 0.6 is 0 Å². The third kappa shape index (κ3) is 3.14. The maximum atomic E-state index is 13.3. The molecule has 0 radical (unpaired) electrons. The first-order valence-corrected chi connectivity index (χ1v) is 10.2. The lowest BCUT2D eigenvalue weighted by molar-refractivity contribution is -0.135.